The highest BCUT2D eigenvalue weighted by molar-refractivity contribution is 5.61. The van der Waals surface area contributed by atoms with Gasteiger partial charge in [0.05, 0.1) is 9.85 Å². The number of unbranched alkanes of at least 4 members (excludes halogenated alkanes) is 2. The van der Waals surface area contributed by atoms with E-state index in [4.69, 9.17) is 9.47 Å². The van der Waals surface area contributed by atoms with Crippen molar-refractivity contribution in [3.63, 3.8) is 0 Å². The molecule has 0 aromatic heterocycles. The summed E-state index contributed by atoms with van der Waals surface area (Å²) in [6, 6.07) is 11.8. The van der Waals surface area contributed by atoms with Gasteiger partial charge in [0.2, 0.25) is 0 Å². The molecule has 2 aromatic rings. The van der Waals surface area contributed by atoms with Crippen LogP contribution in [-0.4, -0.2) is 16.0 Å². The van der Waals surface area contributed by atoms with Crippen molar-refractivity contribution in [3.8, 4) is 0 Å². The minimum absolute atomic E-state index is 0.0385. The summed E-state index contributed by atoms with van der Waals surface area (Å²) in [6.07, 6.45) is 2.48. The van der Waals surface area contributed by atoms with Crippen LogP contribution in [0.25, 0.3) is 0 Å². The lowest BCUT2D eigenvalue weighted by molar-refractivity contribution is -0.385. The predicted octanol–water partition coefficient (Wildman–Crippen LogP) is 6.82. The minimum atomic E-state index is -0.844. The number of nitro groups is 2. The third kappa shape index (κ3) is 7.33. The zero-order valence-electron chi connectivity index (χ0n) is 18.3. The van der Waals surface area contributed by atoms with Crippen molar-refractivity contribution < 1.29 is 24.1 Å². The van der Waals surface area contributed by atoms with Crippen molar-refractivity contribution in [2.75, 3.05) is 0 Å². The van der Waals surface area contributed by atoms with E-state index in [1.54, 1.807) is 24.3 Å². The van der Waals surface area contributed by atoms with Crippen LogP contribution in [0.2, 0.25) is 0 Å². The van der Waals surface area contributed by atoms with Crippen LogP contribution >= 0.6 is 0 Å². The molecular formula is C23H28N2O7. The summed E-state index contributed by atoms with van der Waals surface area (Å²) in [5.41, 5.74) is 1.23. The van der Waals surface area contributed by atoms with Crippen LogP contribution in [0, 0.1) is 20.2 Å². The van der Waals surface area contributed by atoms with Crippen LogP contribution in [0.15, 0.2) is 48.5 Å². The highest BCUT2D eigenvalue weighted by Gasteiger charge is 2.23. The monoisotopic (exact) mass is 444 g/mol. The van der Waals surface area contributed by atoms with Gasteiger partial charge in [-0.1, -0.05) is 26.7 Å². The summed E-state index contributed by atoms with van der Waals surface area (Å²) in [6.45, 7) is 4.03. The Balaban J connectivity index is 2.14. The fourth-order valence-electron chi connectivity index (χ4n) is 3.25. The van der Waals surface area contributed by atoms with Crippen LogP contribution in [0.4, 0.5) is 16.2 Å². The standard InChI is InChI=1S/C23H28N2O7/c1-3-5-7-21(17-9-13-19(14-10-17)24(27)28)31-23(26)32-22(8-6-4-2)18-11-15-20(16-12-18)25(29)30/h9-16,21-22H,3-8H2,1-2H3. The normalized spacial score (nSPS) is 12.6. The van der Waals surface area contributed by atoms with Crippen LogP contribution in [0.5, 0.6) is 0 Å². The summed E-state index contributed by atoms with van der Waals surface area (Å²) < 4.78 is 11.2. The molecule has 0 radical (unpaired) electrons. The second kappa shape index (κ2) is 12.4. The third-order valence-corrected chi connectivity index (χ3v) is 5.07. The van der Waals surface area contributed by atoms with Gasteiger partial charge < -0.3 is 9.47 Å². The topological polar surface area (TPSA) is 122 Å². The van der Waals surface area contributed by atoms with Crippen molar-refractivity contribution in [2.24, 2.45) is 0 Å². The molecule has 9 heteroatoms. The molecule has 9 nitrogen and oxygen atoms in total. The van der Waals surface area contributed by atoms with E-state index in [1.807, 2.05) is 13.8 Å². The lowest BCUT2D eigenvalue weighted by atomic mass is 10.0. The number of carbonyl (C=O) groups excluding carboxylic acids is 1. The maximum absolute atomic E-state index is 12.6. The summed E-state index contributed by atoms with van der Waals surface area (Å²) in [5.74, 6) is 0. The Labute approximate surface area is 186 Å². The van der Waals surface area contributed by atoms with Gasteiger partial charge in [-0.3, -0.25) is 20.2 Å². The molecule has 0 fully saturated rings. The summed E-state index contributed by atoms with van der Waals surface area (Å²) in [7, 11) is 0. The molecule has 0 heterocycles. The quantitative estimate of drug-likeness (QED) is 0.200. The van der Waals surface area contributed by atoms with Crippen molar-refractivity contribution in [3.05, 3.63) is 79.9 Å². The summed E-state index contributed by atoms with van der Waals surface area (Å²) in [4.78, 5) is 33.4. The molecule has 0 spiro atoms. The predicted molar refractivity (Wildman–Crippen MR) is 118 cm³/mol. The molecule has 0 saturated carbocycles. The maximum Gasteiger partial charge on any atom is 0.509 e. The zero-order chi connectivity index (χ0) is 23.5. The molecule has 2 aromatic carbocycles. The molecule has 172 valence electrons. The number of hydrogen-bond donors (Lipinski definition) is 0. The number of hydrogen-bond acceptors (Lipinski definition) is 7. The van der Waals surface area contributed by atoms with Crippen LogP contribution in [0.3, 0.4) is 0 Å². The highest BCUT2D eigenvalue weighted by atomic mass is 16.7. The van der Waals surface area contributed by atoms with Crippen molar-refractivity contribution in [2.45, 2.75) is 64.6 Å². The average molecular weight is 444 g/mol. The van der Waals surface area contributed by atoms with Crippen molar-refractivity contribution in [1.29, 1.82) is 0 Å². The third-order valence-electron chi connectivity index (χ3n) is 5.07. The number of nitro benzene ring substituents is 2. The number of rotatable bonds is 12. The van der Waals surface area contributed by atoms with E-state index < -0.39 is 28.2 Å². The smallest absolute Gasteiger partial charge is 0.426 e. The van der Waals surface area contributed by atoms with Crippen LogP contribution in [0.1, 0.15) is 75.7 Å². The lowest BCUT2D eigenvalue weighted by Gasteiger charge is -2.22. The van der Waals surface area contributed by atoms with Gasteiger partial charge in [-0.15, -0.1) is 0 Å². The maximum atomic E-state index is 12.6. The number of non-ortho nitro benzene ring substituents is 2. The Hall–Kier alpha value is -3.49. The first-order valence-electron chi connectivity index (χ1n) is 10.7. The van der Waals surface area contributed by atoms with E-state index in [1.165, 1.54) is 24.3 Å². The highest BCUT2D eigenvalue weighted by Crippen LogP contribution is 2.30. The molecule has 0 aliphatic rings. The first-order valence-corrected chi connectivity index (χ1v) is 10.7. The van der Waals surface area contributed by atoms with Gasteiger partial charge in [0.25, 0.3) is 11.4 Å². The molecule has 0 N–H and O–H groups in total. The number of ether oxygens (including phenoxy) is 2. The Bertz CT molecular complexity index is 824. The second-order valence-corrected chi connectivity index (χ2v) is 7.44. The van der Waals surface area contributed by atoms with Gasteiger partial charge in [-0.25, -0.2) is 4.79 Å². The molecule has 0 amide bonds. The zero-order valence-corrected chi connectivity index (χ0v) is 18.3. The van der Waals surface area contributed by atoms with E-state index in [0.29, 0.717) is 24.0 Å². The Morgan fingerprint density at radius 3 is 1.38 bits per heavy atom. The fourth-order valence-corrected chi connectivity index (χ4v) is 3.25. The van der Waals surface area contributed by atoms with E-state index >= 15 is 0 Å². The molecule has 0 saturated heterocycles. The molecule has 32 heavy (non-hydrogen) atoms. The van der Waals surface area contributed by atoms with Gasteiger partial charge in [0.1, 0.15) is 12.2 Å². The SMILES string of the molecule is CCCCC(OC(=O)OC(CCCC)c1ccc([N+](=O)[O-])cc1)c1ccc([N+](=O)[O-])cc1. The number of carbonyl (C=O) groups is 1. The molecular weight excluding hydrogens is 416 g/mol. The molecule has 0 aliphatic heterocycles. The minimum Gasteiger partial charge on any atom is -0.426 e. The van der Waals surface area contributed by atoms with Gasteiger partial charge in [0, 0.05) is 24.3 Å². The molecule has 2 atom stereocenters. The average Bonchev–Trinajstić information content (AvgIpc) is 2.79. The van der Waals surface area contributed by atoms with Gasteiger partial charge in [-0.2, -0.15) is 0 Å². The van der Waals surface area contributed by atoms with E-state index in [0.717, 1.165) is 25.7 Å². The van der Waals surface area contributed by atoms with Crippen molar-refractivity contribution in [1.82, 2.24) is 0 Å². The molecule has 0 bridgehead atoms. The summed E-state index contributed by atoms with van der Waals surface area (Å²) in [5, 5.41) is 21.8. The second-order valence-electron chi connectivity index (χ2n) is 7.44. The van der Waals surface area contributed by atoms with E-state index in [2.05, 4.69) is 0 Å². The van der Waals surface area contributed by atoms with Crippen LogP contribution in [-0.2, 0) is 9.47 Å². The number of benzene rings is 2. The van der Waals surface area contributed by atoms with Gasteiger partial charge in [-0.05, 0) is 61.1 Å². The molecule has 2 rings (SSSR count). The first-order chi connectivity index (χ1) is 15.3. The Kier molecular flexibility index (Phi) is 9.59. The largest absolute Gasteiger partial charge is 0.509 e. The number of nitrogens with zero attached hydrogens (tertiary/aromatic N) is 2. The van der Waals surface area contributed by atoms with Gasteiger partial charge in [0.15, 0.2) is 0 Å². The van der Waals surface area contributed by atoms with E-state index in [-0.39, 0.29) is 11.4 Å². The van der Waals surface area contributed by atoms with Gasteiger partial charge >= 0.3 is 6.16 Å². The lowest BCUT2D eigenvalue weighted by Crippen LogP contribution is -2.16. The molecule has 0 aliphatic carbocycles. The summed E-state index contributed by atoms with van der Waals surface area (Å²) >= 11 is 0. The van der Waals surface area contributed by atoms with Crippen LogP contribution < -0.4 is 0 Å². The van der Waals surface area contributed by atoms with E-state index in [9.17, 15) is 25.0 Å². The van der Waals surface area contributed by atoms with Crippen molar-refractivity contribution >= 4 is 17.5 Å². The Morgan fingerprint density at radius 1 is 0.750 bits per heavy atom. The molecule has 2 unspecified atom stereocenters. The first kappa shape index (κ1) is 24.8. The fraction of sp³-hybridized carbons (Fsp3) is 0.435. The Morgan fingerprint density at radius 2 is 1.09 bits per heavy atom.